The van der Waals surface area contributed by atoms with E-state index in [1.165, 1.54) is 79.7 Å². The molecule has 4 rings (SSSR count). The van der Waals surface area contributed by atoms with Crippen LogP contribution in [0.15, 0.2) is 24.3 Å². The van der Waals surface area contributed by atoms with Gasteiger partial charge in [-0.2, -0.15) is 5.10 Å². The van der Waals surface area contributed by atoms with E-state index in [4.69, 9.17) is 5.10 Å². The third-order valence-corrected chi connectivity index (χ3v) is 5.50. The lowest BCUT2D eigenvalue weighted by Gasteiger charge is -2.20. The number of hydrogen-bond acceptors (Lipinski definition) is 2. The molecule has 0 amide bonds. The fourth-order valence-electron chi connectivity index (χ4n) is 4.21. The second-order valence-electron chi connectivity index (χ2n) is 7.13. The standard InChI is InChI=1S/C20H27N3/c1-15-9-5-6-13-18(15)23-20-17(12-7-8-14-21-20)19(22-23)16-10-3-2-4-11-16/h5-6,9,13,16,21H,2-4,7-8,10-12,14H2,1H3. The van der Waals surface area contributed by atoms with Crippen molar-refractivity contribution in [3.63, 3.8) is 0 Å². The Hall–Kier alpha value is -1.77. The summed E-state index contributed by atoms with van der Waals surface area (Å²) in [5.74, 6) is 1.93. The van der Waals surface area contributed by atoms with Crippen LogP contribution in [0, 0.1) is 6.92 Å². The molecule has 23 heavy (non-hydrogen) atoms. The van der Waals surface area contributed by atoms with Crippen LogP contribution >= 0.6 is 0 Å². The first kappa shape index (κ1) is 14.8. The van der Waals surface area contributed by atoms with E-state index in [9.17, 15) is 0 Å². The van der Waals surface area contributed by atoms with Crippen LogP contribution in [0.3, 0.4) is 0 Å². The van der Waals surface area contributed by atoms with Gasteiger partial charge in [0.15, 0.2) is 0 Å². The molecule has 1 saturated carbocycles. The molecular formula is C20H27N3. The Kier molecular flexibility index (Phi) is 4.11. The van der Waals surface area contributed by atoms with Gasteiger partial charge in [-0.3, -0.25) is 0 Å². The monoisotopic (exact) mass is 309 g/mol. The van der Waals surface area contributed by atoms with E-state index in [2.05, 4.69) is 41.2 Å². The molecule has 2 aliphatic rings. The number of anilines is 1. The van der Waals surface area contributed by atoms with Crippen molar-refractivity contribution >= 4 is 5.82 Å². The molecule has 122 valence electrons. The number of aromatic nitrogens is 2. The van der Waals surface area contributed by atoms with Gasteiger partial charge in [0, 0.05) is 18.0 Å². The number of benzene rings is 1. The van der Waals surface area contributed by atoms with Crippen LogP contribution in [0.5, 0.6) is 0 Å². The second-order valence-corrected chi connectivity index (χ2v) is 7.13. The molecule has 1 aromatic carbocycles. The van der Waals surface area contributed by atoms with Crippen molar-refractivity contribution in [2.75, 3.05) is 11.9 Å². The van der Waals surface area contributed by atoms with E-state index in [1.807, 2.05) is 0 Å². The summed E-state index contributed by atoms with van der Waals surface area (Å²) in [6, 6.07) is 8.60. The molecule has 0 unspecified atom stereocenters. The highest BCUT2D eigenvalue weighted by Crippen LogP contribution is 2.38. The lowest BCUT2D eigenvalue weighted by Crippen LogP contribution is -2.09. The van der Waals surface area contributed by atoms with Gasteiger partial charge in [-0.05, 0) is 50.7 Å². The Morgan fingerprint density at radius 3 is 2.70 bits per heavy atom. The molecule has 1 aromatic heterocycles. The zero-order valence-corrected chi connectivity index (χ0v) is 14.1. The normalized spacial score (nSPS) is 19.0. The molecule has 1 aliphatic carbocycles. The number of aryl methyl sites for hydroxylation is 1. The van der Waals surface area contributed by atoms with Crippen molar-refractivity contribution in [1.29, 1.82) is 0 Å². The third-order valence-electron chi connectivity index (χ3n) is 5.50. The summed E-state index contributed by atoms with van der Waals surface area (Å²) < 4.78 is 2.19. The molecule has 2 aromatic rings. The lowest BCUT2D eigenvalue weighted by molar-refractivity contribution is 0.432. The van der Waals surface area contributed by atoms with Crippen molar-refractivity contribution in [2.24, 2.45) is 0 Å². The van der Waals surface area contributed by atoms with Crippen LogP contribution in [0.25, 0.3) is 5.69 Å². The SMILES string of the molecule is Cc1ccccc1-n1nc(C2CCCCC2)c2c1NCCCC2. The van der Waals surface area contributed by atoms with Gasteiger partial charge < -0.3 is 5.32 Å². The van der Waals surface area contributed by atoms with E-state index < -0.39 is 0 Å². The van der Waals surface area contributed by atoms with Crippen LogP contribution in [0.4, 0.5) is 5.82 Å². The van der Waals surface area contributed by atoms with Crippen LogP contribution < -0.4 is 5.32 Å². The van der Waals surface area contributed by atoms with Gasteiger partial charge in [-0.1, -0.05) is 37.5 Å². The Morgan fingerprint density at radius 2 is 1.87 bits per heavy atom. The highest BCUT2D eigenvalue weighted by Gasteiger charge is 2.27. The van der Waals surface area contributed by atoms with E-state index in [1.54, 1.807) is 0 Å². The molecule has 1 N–H and O–H groups in total. The van der Waals surface area contributed by atoms with Crippen molar-refractivity contribution in [3.8, 4) is 5.69 Å². The summed E-state index contributed by atoms with van der Waals surface area (Å²) in [5.41, 5.74) is 5.40. The maximum Gasteiger partial charge on any atom is 0.133 e. The summed E-state index contributed by atoms with van der Waals surface area (Å²) >= 11 is 0. The maximum atomic E-state index is 5.14. The number of nitrogens with zero attached hydrogens (tertiary/aromatic N) is 2. The molecular weight excluding hydrogens is 282 g/mol. The minimum atomic E-state index is 0.669. The molecule has 0 radical (unpaired) electrons. The molecule has 3 heteroatoms. The zero-order chi connectivity index (χ0) is 15.6. The minimum Gasteiger partial charge on any atom is -0.370 e. The Labute approximate surface area is 139 Å². The van der Waals surface area contributed by atoms with Crippen molar-refractivity contribution in [1.82, 2.24) is 9.78 Å². The van der Waals surface area contributed by atoms with Gasteiger partial charge in [0.05, 0.1) is 11.4 Å². The first-order valence-corrected chi connectivity index (χ1v) is 9.26. The van der Waals surface area contributed by atoms with Crippen LogP contribution in [0.2, 0.25) is 0 Å². The highest BCUT2D eigenvalue weighted by molar-refractivity contribution is 5.56. The molecule has 2 heterocycles. The topological polar surface area (TPSA) is 29.9 Å². The van der Waals surface area contributed by atoms with E-state index in [0.29, 0.717) is 5.92 Å². The van der Waals surface area contributed by atoms with Crippen LogP contribution in [-0.2, 0) is 6.42 Å². The molecule has 0 saturated heterocycles. The summed E-state index contributed by atoms with van der Waals surface area (Å²) in [4.78, 5) is 0. The van der Waals surface area contributed by atoms with Gasteiger partial charge in [0.2, 0.25) is 0 Å². The van der Waals surface area contributed by atoms with Crippen molar-refractivity contribution in [3.05, 3.63) is 41.1 Å². The molecule has 3 nitrogen and oxygen atoms in total. The van der Waals surface area contributed by atoms with Gasteiger partial charge in [-0.25, -0.2) is 4.68 Å². The number of rotatable bonds is 2. The summed E-state index contributed by atoms with van der Waals surface area (Å²) in [6.45, 7) is 3.25. The Bertz CT molecular complexity index is 680. The molecule has 0 bridgehead atoms. The predicted octanol–water partition coefficient (Wildman–Crippen LogP) is 4.98. The maximum absolute atomic E-state index is 5.14. The molecule has 1 aliphatic heterocycles. The average Bonchev–Trinajstić information content (AvgIpc) is 2.78. The largest absolute Gasteiger partial charge is 0.370 e. The molecule has 0 atom stereocenters. The molecule has 0 spiro atoms. The van der Waals surface area contributed by atoms with Gasteiger partial charge in [-0.15, -0.1) is 0 Å². The van der Waals surface area contributed by atoms with E-state index in [-0.39, 0.29) is 0 Å². The first-order chi connectivity index (χ1) is 11.3. The van der Waals surface area contributed by atoms with Gasteiger partial charge in [0.25, 0.3) is 0 Å². The zero-order valence-electron chi connectivity index (χ0n) is 14.1. The van der Waals surface area contributed by atoms with Gasteiger partial charge >= 0.3 is 0 Å². The van der Waals surface area contributed by atoms with Crippen LogP contribution in [-0.4, -0.2) is 16.3 Å². The molecule has 1 fully saturated rings. The van der Waals surface area contributed by atoms with Crippen molar-refractivity contribution < 1.29 is 0 Å². The van der Waals surface area contributed by atoms with E-state index in [0.717, 1.165) is 6.54 Å². The average molecular weight is 309 g/mol. The number of para-hydroxylation sites is 1. The number of hydrogen-bond donors (Lipinski definition) is 1. The number of fused-ring (bicyclic) bond motifs is 1. The fourth-order valence-corrected chi connectivity index (χ4v) is 4.21. The second kappa shape index (κ2) is 6.38. The highest BCUT2D eigenvalue weighted by atomic mass is 15.3. The Balaban J connectivity index is 1.83. The van der Waals surface area contributed by atoms with Crippen LogP contribution in [0.1, 0.15) is 67.7 Å². The summed E-state index contributed by atoms with van der Waals surface area (Å²) in [5, 5.41) is 8.82. The Morgan fingerprint density at radius 1 is 1.04 bits per heavy atom. The first-order valence-electron chi connectivity index (χ1n) is 9.26. The van der Waals surface area contributed by atoms with E-state index >= 15 is 0 Å². The third kappa shape index (κ3) is 2.77. The van der Waals surface area contributed by atoms with Crippen molar-refractivity contribution in [2.45, 2.75) is 64.2 Å². The predicted molar refractivity (Wildman–Crippen MR) is 95.6 cm³/mol. The van der Waals surface area contributed by atoms with Gasteiger partial charge in [0.1, 0.15) is 5.82 Å². The lowest BCUT2D eigenvalue weighted by atomic mass is 9.85. The summed E-state index contributed by atoms with van der Waals surface area (Å²) in [7, 11) is 0. The number of nitrogens with one attached hydrogen (secondary N) is 1. The summed E-state index contributed by atoms with van der Waals surface area (Å²) in [6.07, 6.45) is 10.5. The quantitative estimate of drug-likeness (QED) is 0.848. The smallest absolute Gasteiger partial charge is 0.133 e. The fraction of sp³-hybridized carbons (Fsp3) is 0.550. The minimum absolute atomic E-state index is 0.669.